The first kappa shape index (κ1) is 21.8. The van der Waals surface area contributed by atoms with Gasteiger partial charge in [0.2, 0.25) is 5.91 Å². The van der Waals surface area contributed by atoms with Gasteiger partial charge in [0, 0.05) is 43.5 Å². The van der Waals surface area contributed by atoms with Crippen LogP contribution in [-0.2, 0) is 17.8 Å². The van der Waals surface area contributed by atoms with Gasteiger partial charge in [0.25, 0.3) is 5.91 Å². The van der Waals surface area contributed by atoms with Crippen molar-refractivity contribution in [2.75, 3.05) is 18.4 Å². The zero-order valence-electron chi connectivity index (χ0n) is 18.3. The van der Waals surface area contributed by atoms with E-state index in [9.17, 15) is 9.59 Å². The molecule has 2 aromatic carbocycles. The summed E-state index contributed by atoms with van der Waals surface area (Å²) in [4.78, 5) is 31.5. The number of nitrogens with two attached hydrogens (primary N) is 1. The molecular formula is C25H29N5O2. The molecule has 1 fully saturated rings. The van der Waals surface area contributed by atoms with Crippen LogP contribution >= 0.6 is 0 Å². The fraction of sp³-hybridized carbons (Fsp3) is 0.320. The Kier molecular flexibility index (Phi) is 6.66. The molecule has 2 amide bonds. The fourth-order valence-electron chi connectivity index (χ4n) is 4.02. The first-order chi connectivity index (χ1) is 15.5. The van der Waals surface area contributed by atoms with E-state index in [1.165, 1.54) is 5.56 Å². The number of hydrogen-bond donors (Lipinski definition) is 2. The number of amides is 2. The first-order valence-electron chi connectivity index (χ1n) is 11.0. The molecule has 0 unspecified atom stereocenters. The standard InChI is InChI=1S/C25H29N5O2/c1-18-13-20(9-10-22(18)25(32)30-11-5-6-12-30)28-24(31)23(26)14-21-16-29(17-27-21)15-19-7-3-2-4-8-19/h2-4,7-10,13,16-17,23H,5-6,11-12,14-15,26H2,1H3,(H,28,31)/t23-/m1/s1. The lowest BCUT2D eigenvalue weighted by Gasteiger charge is -2.17. The van der Waals surface area contributed by atoms with Gasteiger partial charge in [-0.1, -0.05) is 30.3 Å². The zero-order valence-corrected chi connectivity index (χ0v) is 18.3. The van der Waals surface area contributed by atoms with Gasteiger partial charge in [-0.3, -0.25) is 9.59 Å². The number of carbonyl (C=O) groups excluding carboxylic acids is 2. The average molecular weight is 432 g/mol. The van der Waals surface area contributed by atoms with Crippen molar-refractivity contribution in [3.8, 4) is 0 Å². The molecule has 1 aliphatic rings. The molecule has 2 heterocycles. The van der Waals surface area contributed by atoms with Gasteiger partial charge in [0.1, 0.15) is 0 Å². The number of anilines is 1. The van der Waals surface area contributed by atoms with E-state index < -0.39 is 6.04 Å². The summed E-state index contributed by atoms with van der Waals surface area (Å²) in [6.07, 6.45) is 6.14. The van der Waals surface area contributed by atoms with Crippen LogP contribution in [0.1, 0.15) is 40.0 Å². The number of aryl methyl sites for hydroxylation is 1. The second-order valence-corrected chi connectivity index (χ2v) is 8.35. The molecule has 7 heteroatoms. The molecule has 1 atom stereocenters. The molecule has 3 aromatic rings. The van der Waals surface area contributed by atoms with Gasteiger partial charge in [-0.05, 0) is 49.1 Å². The number of likely N-dealkylation sites (tertiary alicyclic amines) is 1. The van der Waals surface area contributed by atoms with E-state index in [-0.39, 0.29) is 11.8 Å². The van der Waals surface area contributed by atoms with Crippen molar-refractivity contribution in [3.05, 3.63) is 83.4 Å². The summed E-state index contributed by atoms with van der Waals surface area (Å²) in [5, 5.41) is 2.86. The Morgan fingerprint density at radius 2 is 1.88 bits per heavy atom. The molecule has 32 heavy (non-hydrogen) atoms. The second kappa shape index (κ2) is 9.78. The summed E-state index contributed by atoms with van der Waals surface area (Å²) in [5.74, 6) is -0.221. The molecular weight excluding hydrogens is 402 g/mol. The molecule has 1 aliphatic heterocycles. The smallest absolute Gasteiger partial charge is 0.254 e. The van der Waals surface area contributed by atoms with Crippen LogP contribution < -0.4 is 11.1 Å². The lowest BCUT2D eigenvalue weighted by Crippen LogP contribution is -2.37. The molecule has 7 nitrogen and oxygen atoms in total. The number of nitrogens with one attached hydrogen (secondary N) is 1. The highest BCUT2D eigenvalue weighted by atomic mass is 16.2. The van der Waals surface area contributed by atoms with Crippen LogP contribution in [0.25, 0.3) is 0 Å². The Hall–Kier alpha value is -3.45. The first-order valence-corrected chi connectivity index (χ1v) is 11.0. The second-order valence-electron chi connectivity index (χ2n) is 8.35. The van der Waals surface area contributed by atoms with Gasteiger partial charge < -0.3 is 20.5 Å². The van der Waals surface area contributed by atoms with Gasteiger partial charge in [0.05, 0.1) is 18.1 Å². The molecule has 0 saturated carbocycles. The number of benzene rings is 2. The van der Waals surface area contributed by atoms with E-state index >= 15 is 0 Å². The molecule has 3 N–H and O–H groups in total. The summed E-state index contributed by atoms with van der Waals surface area (Å²) in [5.41, 5.74) is 10.2. The van der Waals surface area contributed by atoms with E-state index in [2.05, 4.69) is 22.4 Å². The lowest BCUT2D eigenvalue weighted by molar-refractivity contribution is -0.117. The third-order valence-electron chi connectivity index (χ3n) is 5.78. The summed E-state index contributed by atoms with van der Waals surface area (Å²) in [6.45, 7) is 4.23. The predicted molar refractivity (Wildman–Crippen MR) is 124 cm³/mol. The maximum Gasteiger partial charge on any atom is 0.254 e. The maximum absolute atomic E-state index is 12.6. The number of imidazole rings is 1. The van der Waals surface area contributed by atoms with E-state index in [1.807, 2.05) is 46.9 Å². The van der Waals surface area contributed by atoms with Crippen molar-refractivity contribution in [2.45, 2.75) is 38.8 Å². The molecule has 0 radical (unpaired) electrons. The molecule has 4 rings (SSSR count). The van der Waals surface area contributed by atoms with E-state index in [4.69, 9.17) is 5.73 Å². The SMILES string of the molecule is Cc1cc(NC(=O)[C@H](N)Cc2cn(Cc3ccccc3)cn2)ccc1C(=O)N1CCCC1. The van der Waals surface area contributed by atoms with Crippen molar-refractivity contribution in [1.82, 2.24) is 14.5 Å². The van der Waals surface area contributed by atoms with Crippen LogP contribution in [0.5, 0.6) is 0 Å². The van der Waals surface area contributed by atoms with Crippen LogP contribution in [0.2, 0.25) is 0 Å². The summed E-state index contributed by atoms with van der Waals surface area (Å²) >= 11 is 0. The number of hydrogen-bond acceptors (Lipinski definition) is 4. The largest absolute Gasteiger partial charge is 0.339 e. The monoisotopic (exact) mass is 431 g/mol. The molecule has 0 bridgehead atoms. The van der Waals surface area contributed by atoms with Gasteiger partial charge in [-0.15, -0.1) is 0 Å². The van der Waals surface area contributed by atoms with Crippen LogP contribution in [0.4, 0.5) is 5.69 Å². The maximum atomic E-state index is 12.6. The Labute approximate surface area is 188 Å². The molecule has 166 valence electrons. The van der Waals surface area contributed by atoms with Crippen molar-refractivity contribution < 1.29 is 9.59 Å². The lowest BCUT2D eigenvalue weighted by atomic mass is 10.1. The van der Waals surface area contributed by atoms with E-state index in [0.717, 1.165) is 43.7 Å². The summed E-state index contributed by atoms with van der Waals surface area (Å²) in [6, 6.07) is 14.8. The summed E-state index contributed by atoms with van der Waals surface area (Å²) < 4.78 is 1.98. The van der Waals surface area contributed by atoms with E-state index in [0.29, 0.717) is 17.7 Å². The van der Waals surface area contributed by atoms with Crippen molar-refractivity contribution in [3.63, 3.8) is 0 Å². The zero-order chi connectivity index (χ0) is 22.5. The normalized spacial score (nSPS) is 14.4. The van der Waals surface area contributed by atoms with Crippen molar-refractivity contribution >= 4 is 17.5 Å². The Morgan fingerprint density at radius 3 is 2.59 bits per heavy atom. The third-order valence-corrected chi connectivity index (χ3v) is 5.78. The van der Waals surface area contributed by atoms with E-state index in [1.54, 1.807) is 18.5 Å². The van der Waals surface area contributed by atoms with Crippen molar-refractivity contribution in [2.24, 2.45) is 5.73 Å². The highest BCUT2D eigenvalue weighted by Gasteiger charge is 2.21. The van der Waals surface area contributed by atoms with Gasteiger partial charge >= 0.3 is 0 Å². The Bertz CT molecular complexity index is 1090. The highest BCUT2D eigenvalue weighted by Crippen LogP contribution is 2.20. The van der Waals surface area contributed by atoms with Gasteiger partial charge in [0.15, 0.2) is 0 Å². The number of aromatic nitrogens is 2. The quantitative estimate of drug-likeness (QED) is 0.601. The predicted octanol–water partition coefficient (Wildman–Crippen LogP) is 2.98. The van der Waals surface area contributed by atoms with Gasteiger partial charge in [-0.25, -0.2) is 4.98 Å². The minimum absolute atomic E-state index is 0.0562. The average Bonchev–Trinajstić information content (AvgIpc) is 3.47. The minimum atomic E-state index is -0.721. The topological polar surface area (TPSA) is 93.2 Å². The van der Waals surface area contributed by atoms with Crippen LogP contribution in [-0.4, -0.2) is 45.4 Å². The molecule has 0 aliphatic carbocycles. The Balaban J connectivity index is 1.33. The Morgan fingerprint density at radius 1 is 1.12 bits per heavy atom. The van der Waals surface area contributed by atoms with Crippen LogP contribution in [0, 0.1) is 6.92 Å². The van der Waals surface area contributed by atoms with Gasteiger partial charge in [-0.2, -0.15) is 0 Å². The number of carbonyl (C=O) groups is 2. The molecule has 1 saturated heterocycles. The fourth-order valence-corrected chi connectivity index (χ4v) is 4.02. The molecule has 0 spiro atoms. The molecule has 1 aromatic heterocycles. The van der Waals surface area contributed by atoms with Crippen LogP contribution in [0.15, 0.2) is 61.1 Å². The van der Waals surface area contributed by atoms with Crippen LogP contribution in [0.3, 0.4) is 0 Å². The minimum Gasteiger partial charge on any atom is -0.339 e. The summed E-state index contributed by atoms with van der Waals surface area (Å²) in [7, 11) is 0. The third kappa shape index (κ3) is 5.23. The van der Waals surface area contributed by atoms with Crippen molar-refractivity contribution in [1.29, 1.82) is 0 Å². The highest BCUT2D eigenvalue weighted by molar-refractivity contribution is 5.98. The number of nitrogens with zero attached hydrogens (tertiary/aromatic N) is 3. The number of rotatable bonds is 7.